The number of ether oxygens (including phenoxy) is 1. The van der Waals surface area contributed by atoms with Crippen LogP contribution in [0, 0.1) is 0 Å². The number of halogens is 2. The maximum absolute atomic E-state index is 12.4. The number of rotatable bonds is 4. The molecule has 154 valence electrons. The van der Waals surface area contributed by atoms with Crippen LogP contribution in [0.3, 0.4) is 0 Å². The van der Waals surface area contributed by atoms with Crippen molar-refractivity contribution in [3.8, 4) is 5.75 Å². The molecule has 5 nitrogen and oxygen atoms in total. The maximum atomic E-state index is 12.4. The summed E-state index contributed by atoms with van der Waals surface area (Å²) in [6.07, 6.45) is 0.834. The van der Waals surface area contributed by atoms with Gasteiger partial charge in [-0.25, -0.2) is 0 Å². The van der Waals surface area contributed by atoms with Crippen molar-refractivity contribution in [2.75, 3.05) is 25.5 Å². The molecule has 1 aliphatic heterocycles. The Kier molecular flexibility index (Phi) is 7.06. The van der Waals surface area contributed by atoms with E-state index in [2.05, 4.69) is 15.2 Å². The van der Waals surface area contributed by atoms with E-state index in [4.69, 9.17) is 27.9 Å². The summed E-state index contributed by atoms with van der Waals surface area (Å²) in [5, 5.41) is 5.20. The molecule has 29 heavy (non-hydrogen) atoms. The highest BCUT2D eigenvalue weighted by Crippen LogP contribution is 2.38. The highest BCUT2D eigenvalue weighted by Gasteiger charge is 2.24. The fourth-order valence-corrected chi connectivity index (χ4v) is 3.97. The Hall–Kier alpha value is -2.21. The number of amides is 1. The molecule has 0 fully saturated rings. The van der Waals surface area contributed by atoms with E-state index in [1.54, 1.807) is 31.4 Å². The number of fused-ring (bicyclic) bond motifs is 3. The third-order valence-electron chi connectivity index (χ3n) is 4.82. The average Bonchev–Trinajstić information content (AvgIpc) is 3.09. The Morgan fingerprint density at radius 2 is 1.90 bits per heavy atom. The topological polar surface area (TPSA) is 57.4 Å². The Morgan fingerprint density at radius 1 is 1.17 bits per heavy atom. The molecule has 2 heterocycles. The number of nitrogens with one attached hydrogen (secondary N) is 2. The van der Waals surface area contributed by atoms with Crippen LogP contribution in [0.25, 0.3) is 10.9 Å². The van der Waals surface area contributed by atoms with Gasteiger partial charge in [0.05, 0.1) is 18.7 Å². The van der Waals surface area contributed by atoms with Crippen LogP contribution in [-0.4, -0.2) is 36.0 Å². The van der Waals surface area contributed by atoms with Crippen LogP contribution in [0.15, 0.2) is 36.4 Å². The first-order valence-electron chi connectivity index (χ1n) is 9.69. The second-order valence-electron chi connectivity index (χ2n) is 6.60. The fourth-order valence-electron chi connectivity index (χ4n) is 3.60. The predicted octanol–water partition coefficient (Wildman–Crippen LogP) is 5.51. The molecule has 1 aliphatic rings. The van der Waals surface area contributed by atoms with E-state index in [0.717, 1.165) is 35.2 Å². The largest absolute Gasteiger partial charge is 0.494 e. The zero-order chi connectivity index (χ0) is 21.0. The van der Waals surface area contributed by atoms with Crippen LogP contribution in [0.2, 0.25) is 10.0 Å². The van der Waals surface area contributed by atoms with Crippen molar-refractivity contribution in [1.82, 2.24) is 9.88 Å². The van der Waals surface area contributed by atoms with Crippen molar-refractivity contribution < 1.29 is 9.53 Å². The van der Waals surface area contributed by atoms with Gasteiger partial charge < -0.3 is 15.0 Å². The van der Waals surface area contributed by atoms with Crippen LogP contribution in [-0.2, 0) is 17.8 Å². The van der Waals surface area contributed by atoms with E-state index in [-0.39, 0.29) is 5.91 Å². The number of hydrogen-bond acceptors (Lipinski definition) is 3. The number of carbonyl (C=O) groups excluding carboxylic acids is 1. The lowest BCUT2D eigenvalue weighted by molar-refractivity contribution is -0.117. The van der Waals surface area contributed by atoms with E-state index in [1.807, 2.05) is 26.0 Å². The van der Waals surface area contributed by atoms with E-state index in [1.165, 1.54) is 5.56 Å². The number of methoxy groups -OCH3 is 1. The number of aromatic amines is 1. The summed E-state index contributed by atoms with van der Waals surface area (Å²) in [5.74, 6) is 0.665. The van der Waals surface area contributed by atoms with Gasteiger partial charge in [0, 0.05) is 40.4 Å². The minimum atomic E-state index is -0.0440. The zero-order valence-corrected chi connectivity index (χ0v) is 18.3. The third kappa shape index (κ3) is 4.69. The van der Waals surface area contributed by atoms with E-state index in [9.17, 15) is 4.79 Å². The number of benzene rings is 2. The van der Waals surface area contributed by atoms with Gasteiger partial charge >= 0.3 is 0 Å². The molecule has 0 saturated carbocycles. The monoisotopic (exact) mass is 433 g/mol. The first-order chi connectivity index (χ1) is 14.0. The molecule has 2 aromatic carbocycles. The van der Waals surface area contributed by atoms with Crippen LogP contribution in [0.5, 0.6) is 5.75 Å². The van der Waals surface area contributed by atoms with Gasteiger partial charge in [0.1, 0.15) is 5.75 Å². The first kappa shape index (κ1) is 21.5. The highest BCUT2D eigenvalue weighted by molar-refractivity contribution is 6.33. The first-order valence-corrected chi connectivity index (χ1v) is 10.4. The molecule has 1 amide bonds. The lowest BCUT2D eigenvalue weighted by atomic mass is 10.0. The Morgan fingerprint density at radius 3 is 2.59 bits per heavy atom. The van der Waals surface area contributed by atoms with Gasteiger partial charge in [-0.05, 0) is 48.4 Å². The molecule has 0 spiro atoms. The lowest BCUT2D eigenvalue weighted by Gasteiger charge is -2.26. The number of aromatic nitrogens is 1. The maximum Gasteiger partial charge on any atom is 0.238 e. The van der Waals surface area contributed by atoms with Gasteiger partial charge in [-0.3, -0.25) is 9.69 Å². The SMILES string of the molecule is CC.COc1c(Cl)ccc2[nH]c3c(c12)CCN(CC(=O)Nc1ccc(Cl)cc1)C3. The normalized spacial score (nSPS) is 13.4. The Labute approximate surface area is 180 Å². The molecule has 0 atom stereocenters. The number of carbonyl (C=O) groups is 1. The smallest absolute Gasteiger partial charge is 0.238 e. The standard InChI is InChI=1S/C20H19Cl2N3O2.C2H6/c1-27-20-15(22)6-7-16-19(20)14-8-9-25(10-17(14)24-16)11-18(26)23-13-4-2-12(21)3-5-13;1-2/h2-7,24H,8-11H2,1H3,(H,23,26);1-2H3. The van der Waals surface area contributed by atoms with E-state index in [0.29, 0.717) is 28.9 Å². The molecular weight excluding hydrogens is 409 g/mol. The second kappa shape index (κ2) is 9.53. The molecule has 0 saturated heterocycles. The molecule has 0 bridgehead atoms. The summed E-state index contributed by atoms with van der Waals surface area (Å²) in [6, 6.07) is 10.9. The third-order valence-corrected chi connectivity index (χ3v) is 5.37. The molecule has 4 rings (SSSR count). The lowest BCUT2D eigenvalue weighted by Crippen LogP contribution is -2.37. The Balaban J connectivity index is 0.00000117. The number of nitrogens with zero attached hydrogens (tertiary/aromatic N) is 1. The molecule has 0 aliphatic carbocycles. The average molecular weight is 434 g/mol. The highest BCUT2D eigenvalue weighted by atomic mass is 35.5. The number of hydrogen-bond donors (Lipinski definition) is 2. The van der Waals surface area contributed by atoms with Crippen molar-refractivity contribution in [1.29, 1.82) is 0 Å². The summed E-state index contributed by atoms with van der Waals surface area (Å²) in [6.45, 7) is 5.80. The summed E-state index contributed by atoms with van der Waals surface area (Å²) < 4.78 is 5.51. The summed E-state index contributed by atoms with van der Waals surface area (Å²) in [7, 11) is 1.64. The van der Waals surface area contributed by atoms with Gasteiger partial charge in [-0.15, -0.1) is 0 Å². The predicted molar refractivity (Wildman–Crippen MR) is 120 cm³/mol. The van der Waals surface area contributed by atoms with E-state index < -0.39 is 0 Å². The van der Waals surface area contributed by atoms with Crippen LogP contribution < -0.4 is 10.1 Å². The van der Waals surface area contributed by atoms with Crippen molar-refractivity contribution in [2.45, 2.75) is 26.8 Å². The van der Waals surface area contributed by atoms with Crippen molar-refractivity contribution in [3.05, 3.63) is 57.7 Å². The zero-order valence-electron chi connectivity index (χ0n) is 16.8. The summed E-state index contributed by atoms with van der Waals surface area (Å²) >= 11 is 12.2. The van der Waals surface area contributed by atoms with E-state index >= 15 is 0 Å². The summed E-state index contributed by atoms with van der Waals surface area (Å²) in [5.41, 5.74) is 4.08. The fraction of sp³-hybridized carbons (Fsp3) is 0.318. The minimum Gasteiger partial charge on any atom is -0.494 e. The molecular formula is C22H25Cl2N3O2. The molecule has 1 aromatic heterocycles. The molecule has 3 aromatic rings. The summed E-state index contributed by atoms with van der Waals surface area (Å²) in [4.78, 5) is 17.9. The minimum absolute atomic E-state index is 0.0440. The van der Waals surface area contributed by atoms with Gasteiger partial charge in [0.25, 0.3) is 0 Å². The molecule has 0 unspecified atom stereocenters. The molecule has 0 radical (unpaired) electrons. The van der Waals surface area contributed by atoms with Crippen LogP contribution in [0.1, 0.15) is 25.1 Å². The van der Waals surface area contributed by atoms with Crippen LogP contribution in [0.4, 0.5) is 5.69 Å². The van der Waals surface area contributed by atoms with Crippen molar-refractivity contribution >= 4 is 45.7 Å². The Bertz CT molecular complexity index is 999. The molecule has 2 N–H and O–H groups in total. The van der Waals surface area contributed by atoms with Crippen molar-refractivity contribution in [3.63, 3.8) is 0 Å². The van der Waals surface area contributed by atoms with Gasteiger partial charge in [0.15, 0.2) is 0 Å². The molecule has 7 heteroatoms. The van der Waals surface area contributed by atoms with Gasteiger partial charge in [0.2, 0.25) is 5.91 Å². The second-order valence-corrected chi connectivity index (χ2v) is 7.44. The van der Waals surface area contributed by atoms with Gasteiger partial charge in [-0.1, -0.05) is 37.0 Å². The quantitative estimate of drug-likeness (QED) is 0.570. The van der Waals surface area contributed by atoms with Gasteiger partial charge in [-0.2, -0.15) is 0 Å². The number of anilines is 1. The number of H-pyrrole nitrogens is 1. The van der Waals surface area contributed by atoms with Crippen LogP contribution >= 0.6 is 23.2 Å². The van der Waals surface area contributed by atoms with Crippen molar-refractivity contribution in [2.24, 2.45) is 0 Å².